The van der Waals surface area contributed by atoms with E-state index in [-0.39, 0.29) is 11.9 Å². The lowest BCUT2D eigenvalue weighted by atomic mass is 9.94. The van der Waals surface area contributed by atoms with E-state index >= 15 is 0 Å². The maximum atomic E-state index is 12.7. The first-order valence-electron chi connectivity index (χ1n) is 10.3. The van der Waals surface area contributed by atoms with Crippen LogP contribution in [0, 0.1) is 5.92 Å². The number of carbonyl (C=O) groups is 2. The highest BCUT2D eigenvalue weighted by Crippen LogP contribution is 2.33. The SMILES string of the molecule is CCOC(=O)c1cnc2ccccc2c1N1CCC(C(=O)N2CCCC2)CC1. The van der Waals surface area contributed by atoms with Gasteiger partial charge in [0, 0.05) is 43.7 Å². The molecule has 2 aromatic rings. The predicted molar refractivity (Wildman–Crippen MR) is 108 cm³/mol. The molecule has 3 heterocycles. The van der Waals surface area contributed by atoms with Crippen molar-refractivity contribution in [2.24, 2.45) is 5.92 Å². The molecule has 0 bridgehead atoms. The Morgan fingerprint density at radius 2 is 1.82 bits per heavy atom. The number of piperidine rings is 1. The van der Waals surface area contributed by atoms with Gasteiger partial charge in [0.1, 0.15) is 5.56 Å². The molecule has 0 spiro atoms. The number of hydrogen-bond donors (Lipinski definition) is 0. The van der Waals surface area contributed by atoms with Gasteiger partial charge in [0.05, 0.1) is 17.8 Å². The normalized spacial score (nSPS) is 17.9. The van der Waals surface area contributed by atoms with Crippen LogP contribution in [-0.2, 0) is 9.53 Å². The molecule has 1 aromatic heterocycles. The van der Waals surface area contributed by atoms with Crippen LogP contribution in [0.3, 0.4) is 0 Å². The van der Waals surface area contributed by atoms with Gasteiger partial charge < -0.3 is 14.5 Å². The first kappa shape index (κ1) is 18.7. The van der Waals surface area contributed by atoms with Gasteiger partial charge in [0.2, 0.25) is 5.91 Å². The molecule has 4 rings (SSSR count). The van der Waals surface area contributed by atoms with E-state index in [4.69, 9.17) is 4.74 Å². The van der Waals surface area contributed by atoms with Crippen molar-refractivity contribution in [1.29, 1.82) is 0 Å². The van der Waals surface area contributed by atoms with Gasteiger partial charge in [-0.2, -0.15) is 0 Å². The van der Waals surface area contributed by atoms with Crippen LogP contribution in [-0.4, -0.2) is 54.5 Å². The van der Waals surface area contributed by atoms with Gasteiger partial charge in [0.15, 0.2) is 0 Å². The Balaban J connectivity index is 1.59. The summed E-state index contributed by atoms with van der Waals surface area (Å²) in [7, 11) is 0. The summed E-state index contributed by atoms with van der Waals surface area (Å²) < 4.78 is 5.27. The molecule has 2 fully saturated rings. The minimum absolute atomic E-state index is 0.0912. The second kappa shape index (κ2) is 8.17. The number of nitrogens with zero attached hydrogens (tertiary/aromatic N) is 3. The van der Waals surface area contributed by atoms with E-state index in [9.17, 15) is 9.59 Å². The topological polar surface area (TPSA) is 62.7 Å². The zero-order chi connectivity index (χ0) is 19.5. The van der Waals surface area contributed by atoms with Gasteiger partial charge in [-0.15, -0.1) is 0 Å². The lowest BCUT2D eigenvalue weighted by Crippen LogP contribution is -2.42. The van der Waals surface area contributed by atoms with Crippen molar-refractivity contribution in [2.75, 3.05) is 37.7 Å². The predicted octanol–water partition coefficient (Wildman–Crippen LogP) is 3.25. The van der Waals surface area contributed by atoms with E-state index in [2.05, 4.69) is 9.88 Å². The molecule has 6 heteroatoms. The summed E-state index contributed by atoms with van der Waals surface area (Å²) in [6.07, 6.45) is 5.49. The van der Waals surface area contributed by atoms with E-state index in [0.717, 1.165) is 68.5 Å². The highest BCUT2D eigenvalue weighted by Gasteiger charge is 2.31. The van der Waals surface area contributed by atoms with E-state index in [1.807, 2.05) is 36.1 Å². The maximum Gasteiger partial charge on any atom is 0.341 e. The number of fused-ring (bicyclic) bond motifs is 1. The second-order valence-corrected chi connectivity index (χ2v) is 7.55. The zero-order valence-electron chi connectivity index (χ0n) is 16.4. The van der Waals surface area contributed by atoms with Crippen LogP contribution in [0.2, 0.25) is 0 Å². The number of carbonyl (C=O) groups excluding carboxylic acids is 2. The van der Waals surface area contributed by atoms with E-state index in [1.54, 1.807) is 6.20 Å². The average molecular weight is 381 g/mol. The molecule has 148 valence electrons. The molecule has 2 saturated heterocycles. The van der Waals surface area contributed by atoms with Gasteiger partial charge >= 0.3 is 5.97 Å². The maximum absolute atomic E-state index is 12.7. The fourth-order valence-electron chi connectivity index (χ4n) is 4.37. The van der Waals surface area contributed by atoms with Crippen LogP contribution >= 0.6 is 0 Å². The van der Waals surface area contributed by atoms with E-state index in [0.29, 0.717) is 18.1 Å². The number of likely N-dealkylation sites (tertiary alicyclic amines) is 1. The fourth-order valence-corrected chi connectivity index (χ4v) is 4.37. The molecule has 2 aliphatic heterocycles. The van der Waals surface area contributed by atoms with Crippen LogP contribution in [0.15, 0.2) is 30.5 Å². The Labute approximate surface area is 165 Å². The van der Waals surface area contributed by atoms with E-state index < -0.39 is 0 Å². The molecule has 0 atom stereocenters. The van der Waals surface area contributed by atoms with Gasteiger partial charge in [-0.25, -0.2) is 4.79 Å². The summed E-state index contributed by atoms with van der Waals surface area (Å²) in [6, 6.07) is 7.87. The smallest absolute Gasteiger partial charge is 0.341 e. The summed E-state index contributed by atoms with van der Waals surface area (Å²) in [6.45, 7) is 5.45. The summed E-state index contributed by atoms with van der Waals surface area (Å²) in [5.41, 5.74) is 2.25. The Kier molecular flexibility index (Phi) is 5.46. The minimum atomic E-state index is -0.342. The average Bonchev–Trinajstić information content (AvgIpc) is 3.27. The minimum Gasteiger partial charge on any atom is -0.462 e. The van der Waals surface area contributed by atoms with Crippen LogP contribution in [0.5, 0.6) is 0 Å². The first-order chi connectivity index (χ1) is 13.7. The molecule has 0 aliphatic carbocycles. The monoisotopic (exact) mass is 381 g/mol. The molecule has 6 nitrogen and oxygen atoms in total. The summed E-state index contributed by atoms with van der Waals surface area (Å²) >= 11 is 0. The third-order valence-electron chi connectivity index (χ3n) is 5.82. The van der Waals surface area contributed by atoms with Crippen molar-refractivity contribution in [3.8, 4) is 0 Å². The third kappa shape index (κ3) is 3.55. The fraction of sp³-hybridized carbons (Fsp3) is 0.500. The molecule has 1 amide bonds. The van der Waals surface area contributed by atoms with Gasteiger partial charge in [-0.1, -0.05) is 18.2 Å². The second-order valence-electron chi connectivity index (χ2n) is 7.55. The highest BCUT2D eigenvalue weighted by atomic mass is 16.5. The standard InChI is InChI=1S/C22H27N3O3/c1-2-28-22(27)18-15-23-19-8-4-3-7-17(19)20(18)24-13-9-16(10-14-24)21(26)25-11-5-6-12-25/h3-4,7-8,15-16H,2,5-6,9-14H2,1H3. The van der Waals surface area contributed by atoms with Crippen LogP contribution in [0.1, 0.15) is 43.0 Å². The van der Waals surface area contributed by atoms with Crippen molar-refractivity contribution >= 4 is 28.5 Å². The molecule has 28 heavy (non-hydrogen) atoms. The zero-order valence-corrected chi connectivity index (χ0v) is 16.4. The molecule has 2 aliphatic rings. The lowest BCUT2D eigenvalue weighted by Gasteiger charge is -2.35. The lowest BCUT2D eigenvalue weighted by molar-refractivity contribution is -0.135. The molecule has 0 unspecified atom stereocenters. The van der Waals surface area contributed by atoms with Crippen LogP contribution < -0.4 is 4.90 Å². The van der Waals surface area contributed by atoms with Gasteiger partial charge in [-0.05, 0) is 38.7 Å². The summed E-state index contributed by atoms with van der Waals surface area (Å²) in [5.74, 6) is 0.0573. The number of ether oxygens (including phenoxy) is 1. The van der Waals surface area contributed by atoms with Crippen LogP contribution in [0.25, 0.3) is 10.9 Å². The Morgan fingerprint density at radius 3 is 2.54 bits per heavy atom. The Morgan fingerprint density at radius 1 is 1.11 bits per heavy atom. The number of rotatable bonds is 4. The van der Waals surface area contributed by atoms with Crippen molar-refractivity contribution in [2.45, 2.75) is 32.6 Å². The molecule has 0 saturated carbocycles. The number of anilines is 1. The number of esters is 1. The number of hydrogen-bond acceptors (Lipinski definition) is 5. The van der Waals surface area contributed by atoms with Crippen molar-refractivity contribution in [3.05, 3.63) is 36.0 Å². The number of pyridine rings is 1. The van der Waals surface area contributed by atoms with Crippen molar-refractivity contribution in [1.82, 2.24) is 9.88 Å². The summed E-state index contributed by atoms with van der Waals surface area (Å²) in [5, 5.41) is 0.956. The number of aromatic nitrogens is 1. The van der Waals surface area contributed by atoms with Crippen molar-refractivity contribution in [3.63, 3.8) is 0 Å². The summed E-state index contributed by atoms with van der Waals surface area (Å²) in [4.78, 5) is 34.0. The Hall–Kier alpha value is -2.63. The molecular formula is C22H27N3O3. The Bertz CT molecular complexity index is 868. The number of amides is 1. The first-order valence-corrected chi connectivity index (χ1v) is 10.3. The molecule has 1 aromatic carbocycles. The third-order valence-corrected chi connectivity index (χ3v) is 5.82. The molecule has 0 N–H and O–H groups in total. The van der Waals surface area contributed by atoms with Crippen molar-refractivity contribution < 1.29 is 14.3 Å². The van der Waals surface area contributed by atoms with E-state index in [1.165, 1.54) is 0 Å². The number of benzene rings is 1. The highest BCUT2D eigenvalue weighted by molar-refractivity contribution is 6.05. The molecule has 0 radical (unpaired) electrons. The number of para-hydroxylation sites is 1. The quantitative estimate of drug-likeness (QED) is 0.761. The molecular weight excluding hydrogens is 354 g/mol. The van der Waals surface area contributed by atoms with Gasteiger partial charge in [0.25, 0.3) is 0 Å². The van der Waals surface area contributed by atoms with Gasteiger partial charge in [-0.3, -0.25) is 9.78 Å². The van der Waals surface area contributed by atoms with Crippen LogP contribution in [0.4, 0.5) is 5.69 Å². The largest absolute Gasteiger partial charge is 0.462 e.